The Hall–Kier alpha value is -0.740. The molecular weight excluding hydrogens is 311 g/mol. The molecule has 3 aromatic rings. The smallest absolute Gasteiger partial charge is 0.129 e. The maximum absolute atomic E-state index is 6.07. The summed E-state index contributed by atoms with van der Waals surface area (Å²) in [6, 6.07) is 5.60. The Balaban J connectivity index is 2.37. The molecule has 2 aromatic heterocycles. The zero-order chi connectivity index (χ0) is 12.7. The molecule has 1 aromatic carbocycles. The molecule has 0 spiro atoms. The SMILES string of the molecule is ClCc1nc2cc(Cl)c(Cl)cc2n1-c1ccsc1. The molecular formula is C12H7Cl3N2S. The van der Waals surface area contributed by atoms with E-state index in [4.69, 9.17) is 34.8 Å². The Morgan fingerprint density at radius 2 is 2.00 bits per heavy atom. The van der Waals surface area contributed by atoms with Crippen molar-refractivity contribution in [1.29, 1.82) is 0 Å². The zero-order valence-electron chi connectivity index (χ0n) is 9.03. The van der Waals surface area contributed by atoms with E-state index in [9.17, 15) is 0 Å². The molecule has 0 aliphatic carbocycles. The van der Waals surface area contributed by atoms with Gasteiger partial charge in [-0.15, -0.1) is 11.6 Å². The third-order valence-corrected chi connectivity index (χ3v) is 4.28. The van der Waals surface area contributed by atoms with Crippen LogP contribution in [0.15, 0.2) is 29.0 Å². The molecule has 92 valence electrons. The summed E-state index contributed by atoms with van der Waals surface area (Å²) in [5.74, 6) is 1.11. The second kappa shape index (κ2) is 4.74. The minimum atomic E-state index is 0.333. The number of benzene rings is 1. The van der Waals surface area contributed by atoms with Gasteiger partial charge in [0, 0.05) is 5.38 Å². The maximum Gasteiger partial charge on any atom is 0.129 e. The van der Waals surface area contributed by atoms with Gasteiger partial charge in [0.05, 0.1) is 32.6 Å². The second-order valence-electron chi connectivity index (χ2n) is 3.73. The van der Waals surface area contributed by atoms with E-state index >= 15 is 0 Å². The summed E-state index contributed by atoms with van der Waals surface area (Å²) in [5.41, 5.74) is 2.75. The summed E-state index contributed by atoms with van der Waals surface area (Å²) < 4.78 is 2.00. The second-order valence-corrected chi connectivity index (χ2v) is 5.60. The van der Waals surface area contributed by atoms with Crippen molar-refractivity contribution in [1.82, 2.24) is 9.55 Å². The van der Waals surface area contributed by atoms with E-state index in [1.807, 2.05) is 27.5 Å². The molecule has 0 bridgehead atoms. The highest BCUT2D eigenvalue weighted by molar-refractivity contribution is 7.08. The van der Waals surface area contributed by atoms with Gasteiger partial charge >= 0.3 is 0 Å². The molecule has 0 atom stereocenters. The largest absolute Gasteiger partial charge is 0.294 e. The fourth-order valence-corrected chi connectivity index (χ4v) is 3.00. The Kier molecular flexibility index (Phi) is 3.24. The van der Waals surface area contributed by atoms with Crippen molar-refractivity contribution in [3.05, 3.63) is 44.8 Å². The van der Waals surface area contributed by atoms with Gasteiger partial charge in [0.15, 0.2) is 0 Å². The van der Waals surface area contributed by atoms with Crippen LogP contribution in [0, 0.1) is 0 Å². The number of hydrogen-bond acceptors (Lipinski definition) is 2. The lowest BCUT2D eigenvalue weighted by molar-refractivity contribution is 0.987. The van der Waals surface area contributed by atoms with Crippen LogP contribution in [-0.4, -0.2) is 9.55 Å². The van der Waals surface area contributed by atoms with Crippen LogP contribution in [0.5, 0.6) is 0 Å². The number of thiophene rings is 1. The Morgan fingerprint density at radius 3 is 2.67 bits per heavy atom. The fourth-order valence-electron chi connectivity index (χ4n) is 1.88. The van der Waals surface area contributed by atoms with Gasteiger partial charge in [0.2, 0.25) is 0 Å². The van der Waals surface area contributed by atoms with Crippen LogP contribution >= 0.6 is 46.1 Å². The quantitative estimate of drug-likeness (QED) is 0.599. The molecule has 0 fully saturated rings. The van der Waals surface area contributed by atoms with Gasteiger partial charge in [0.25, 0.3) is 0 Å². The van der Waals surface area contributed by atoms with Crippen molar-refractivity contribution in [2.75, 3.05) is 0 Å². The Bertz CT molecular complexity index is 704. The first kappa shape index (κ1) is 12.3. The van der Waals surface area contributed by atoms with Gasteiger partial charge in [0.1, 0.15) is 5.82 Å². The van der Waals surface area contributed by atoms with Crippen molar-refractivity contribution in [3.63, 3.8) is 0 Å². The van der Waals surface area contributed by atoms with Gasteiger partial charge in [-0.2, -0.15) is 11.3 Å². The number of alkyl halides is 1. The number of aromatic nitrogens is 2. The fraction of sp³-hybridized carbons (Fsp3) is 0.0833. The molecule has 0 aliphatic rings. The summed E-state index contributed by atoms with van der Waals surface area (Å²) in [4.78, 5) is 4.48. The number of nitrogens with zero attached hydrogens (tertiary/aromatic N) is 2. The first-order valence-electron chi connectivity index (χ1n) is 5.15. The molecule has 2 nitrogen and oxygen atoms in total. The lowest BCUT2D eigenvalue weighted by Gasteiger charge is -2.05. The molecule has 0 saturated carbocycles. The predicted molar refractivity (Wildman–Crippen MR) is 78.5 cm³/mol. The average molecular weight is 318 g/mol. The molecule has 2 heterocycles. The van der Waals surface area contributed by atoms with Crippen molar-refractivity contribution >= 4 is 57.2 Å². The molecule has 6 heteroatoms. The monoisotopic (exact) mass is 316 g/mol. The highest BCUT2D eigenvalue weighted by atomic mass is 35.5. The molecule has 0 amide bonds. The van der Waals surface area contributed by atoms with Crippen LogP contribution in [0.1, 0.15) is 5.82 Å². The van der Waals surface area contributed by atoms with E-state index in [1.54, 1.807) is 17.4 Å². The zero-order valence-corrected chi connectivity index (χ0v) is 12.1. The number of imidazole rings is 1. The first-order valence-corrected chi connectivity index (χ1v) is 7.39. The summed E-state index contributed by atoms with van der Waals surface area (Å²) in [7, 11) is 0. The van der Waals surface area contributed by atoms with E-state index in [0.717, 1.165) is 22.5 Å². The van der Waals surface area contributed by atoms with Crippen molar-refractivity contribution < 1.29 is 0 Å². The highest BCUT2D eigenvalue weighted by Crippen LogP contribution is 2.31. The lowest BCUT2D eigenvalue weighted by atomic mass is 10.3. The van der Waals surface area contributed by atoms with Crippen LogP contribution in [-0.2, 0) is 5.88 Å². The summed E-state index contributed by atoms with van der Waals surface area (Å²) in [5, 5.41) is 5.07. The van der Waals surface area contributed by atoms with E-state index in [2.05, 4.69) is 4.98 Å². The highest BCUT2D eigenvalue weighted by Gasteiger charge is 2.14. The number of halogens is 3. The van der Waals surface area contributed by atoms with Crippen LogP contribution < -0.4 is 0 Å². The first-order chi connectivity index (χ1) is 8.70. The number of rotatable bonds is 2. The normalized spacial score (nSPS) is 11.3. The molecule has 18 heavy (non-hydrogen) atoms. The molecule has 0 unspecified atom stereocenters. The Labute approximate surface area is 123 Å². The van der Waals surface area contributed by atoms with E-state index in [1.165, 1.54) is 0 Å². The topological polar surface area (TPSA) is 17.8 Å². The number of fused-ring (bicyclic) bond motifs is 1. The third kappa shape index (κ3) is 1.91. The predicted octanol–water partition coefficient (Wildman–Crippen LogP) is 5.13. The van der Waals surface area contributed by atoms with Crippen molar-refractivity contribution in [3.8, 4) is 5.69 Å². The van der Waals surface area contributed by atoms with Gasteiger partial charge in [-0.05, 0) is 23.6 Å². The molecule has 0 radical (unpaired) electrons. The molecule has 0 N–H and O–H groups in total. The summed E-state index contributed by atoms with van der Waals surface area (Å²) in [6.45, 7) is 0. The minimum absolute atomic E-state index is 0.333. The summed E-state index contributed by atoms with van der Waals surface area (Å²) >= 11 is 19.7. The van der Waals surface area contributed by atoms with Crippen LogP contribution in [0.25, 0.3) is 16.7 Å². The third-order valence-electron chi connectivity index (χ3n) is 2.65. The van der Waals surface area contributed by atoms with E-state index < -0.39 is 0 Å². The van der Waals surface area contributed by atoms with Crippen LogP contribution in [0.2, 0.25) is 10.0 Å². The van der Waals surface area contributed by atoms with Gasteiger partial charge in [-0.1, -0.05) is 23.2 Å². The van der Waals surface area contributed by atoms with Crippen LogP contribution in [0.3, 0.4) is 0 Å². The van der Waals surface area contributed by atoms with Gasteiger partial charge in [-0.25, -0.2) is 4.98 Å². The standard InChI is InChI=1S/C12H7Cl3N2S/c13-5-12-16-10-3-8(14)9(15)4-11(10)17(12)7-1-2-18-6-7/h1-4,6H,5H2. The van der Waals surface area contributed by atoms with Gasteiger partial charge in [-0.3, -0.25) is 4.57 Å². The minimum Gasteiger partial charge on any atom is -0.294 e. The molecule has 0 aliphatic heterocycles. The molecule has 0 saturated heterocycles. The van der Waals surface area contributed by atoms with Crippen molar-refractivity contribution in [2.24, 2.45) is 0 Å². The summed E-state index contributed by atoms with van der Waals surface area (Å²) in [6.07, 6.45) is 0. The molecule has 3 rings (SSSR count). The van der Waals surface area contributed by atoms with Crippen LogP contribution in [0.4, 0.5) is 0 Å². The van der Waals surface area contributed by atoms with E-state index in [-0.39, 0.29) is 0 Å². The van der Waals surface area contributed by atoms with E-state index in [0.29, 0.717) is 15.9 Å². The maximum atomic E-state index is 6.07. The van der Waals surface area contributed by atoms with Gasteiger partial charge < -0.3 is 0 Å². The average Bonchev–Trinajstić information content (AvgIpc) is 2.96. The Morgan fingerprint density at radius 1 is 1.22 bits per heavy atom. The van der Waals surface area contributed by atoms with Crippen molar-refractivity contribution in [2.45, 2.75) is 5.88 Å². The number of hydrogen-bond donors (Lipinski definition) is 0. The lowest BCUT2D eigenvalue weighted by Crippen LogP contribution is -1.97.